The molecule has 0 aromatic heterocycles. The predicted molar refractivity (Wildman–Crippen MR) is 147 cm³/mol. The fourth-order valence-electron chi connectivity index (χ4n) is 4.48. The normalized spacial score (nSPS) is 14.3. The Morgan fingerprint density at radius 3 is 2.24 bits per heavy atom. The van der Waals surface area contributed by atoms with Crippen LogP contribution in [0.5, 0.6) is 0 Å². The van der Waals surface area contributed by atoms with Gasteiger partial charge in [0.1, 0.15) is 0 Å². The Morgan fingerprint density at radius 1 is 0.784 bits per heavy atom. The molecular weight excluding hydrogens is 464 g/mol. The quantitative estimate of drug-likeness (QED) is 0.322. The van der Waals surface area contributed by atoms with Crippen LogP contribution in [0.1, 0.15) is 71.3 Å². The lowest BCUT2D eigenvalue weighted by molar-refractivity contribution is -0.114. The highest BCUT2D eigenvalue weighted by Gasteiger charge is 2.17. The van der Waals surface area contributed by atoms with Crippen LogP contribution in [0, 0.1) is 0 Å². The van der Waals surface area contributed by atoms with Crippen molar-refractivity contribution >= 4 is 29.1 Å². The summed E-state index contributed by atoms with van der Waals surface area (Å²) in [4.78, 5) is 37.6. The van der Waals surface area contributed by atoms with Crippen LogP contribution < -0.4 is 21.3 Å². The van der Waals surface area contributed by atoms with Gasteiger partial charge in [-0.2, -0.15) is 0 Å². The fraction of sp³-hybridized carbons (Fsp3) is 0.300. The Kier molecular flexibility index (Phi) is 8.92. The minimum absolute atomic E-state index is 0.0462. The number of rotatable bonds is 9. The number of carbonyl (C=O) groups excluding carboxylic acids is 3. The van der Waals surface area contributed by atoms with E-state index in [9.17, 15) is 14.4 Å². The number of amides is 3. The van der Waals surface area contributed by atoms with Gasteiger partial charge < -0.3 is 21.3 Å². The van der Waals surface area contributed by atoms with Crippen LogP contribution in [0.2, 0.25) is 0 Å². The summed E-state index contributed by atoms with van der Waals surface area (Å²) >= 11 is 0. The lowest BCUT2D eigenvalue weighted by Crippen LogP contribution is -2.36. The first kappa shape index (κ1) is 25.9. The second-order valence-electron chi connectivity index (χ2n) is 9.47. The summed E-state index contributed by atoms with van der Waals surface area (Å²) in [5.41, 5.74) is 3.42. The Morgan fingerprint density at radius 2 is 1.51 bits per heavy atom. The minimum Gasteiger partial charge on any atom is -0.376 e. The van der Waals surface area contributed by atoms with Gasteiger partial charge in [0.2, 0.25) is 5.91 Å². The number of nitrogens with one attached hydrogen (secondary N) is 4. The first-order valence-electron chi connectivity index (χ1n) is 12.9. The molecule has 4 N–H and O–H groups in total. The second-order valence-corrected chi connectivity index (χ2v) is 9.47. The van der Waals surface area contributed by atoms with Crippen molar-refractivity contribution < 1.29 is 14.4 Å². The molecular formula is C30H34N4O3. The van der Waals surface area contributed by atoms with E-state index in [1.807, 2.05) is 43.3 Å². The molecule has 0 radical (unpaired) electrons. The summed E-state index contributed by atoms with van der Waals surface area (Å²) in [6.45, 7) is 1.98. The first-order chi connectivity index (χ1) is 18.0. The van der Waals surface area contributed by atoms with Gasteiger partial charge in [-0.1, -0.05) is 55.7 Å². The largest absolute Gasteiger partial charge is 0.376 e. The Balaban J connectivity index is 1.24. The van der Waals surface area contributed by atoms with Crippen LogP contribution in [0.3, 0.4) is 0 Å². The Labute approximate surface area is 218 Å². The van der Waals surface area contributed by atoms with E-state index >= 15 is 0 Å². The number of carbonyl (C=O) groups is 3. The molecule has 1 unspecified atom stereocenters. The molecule has 3 aromatic rings. The molecule has 1 atom stereocenters. The second kappa shape index (κ2) is 12.7. The van der Waals surface area contributed by atoms with Crippen LogP contribution in [0.25, 0.3) is 0 Å². The molecule has 0 bridgehead atoms. The maximum atomic E-state index is 12.6. The third-order valence-electron chi connectivity index (χ3n) is 6.60. The van der Waals surface area contributed by atoms with Crippen molar-refractivity contribution in [3.63, 3.8) is 0 Å². The van der Waals surface area contributed by atoms with E-state index in [2.05, 4.69) is 21.3 Å². The van der Waals surface area contributed by atoms with Gasteiger partial charge in [0, 0.05) is 28.5 Å². The number of benzene rings is 3. The van der Waals surface area contributed by atoms with Gasteiger partial charge >= 0.3 is 0 Å². The van der Waals surface area contributed by atoms with E-state index in [-0.39, 0.29) is 36.3 Å². The standard InChI is InChI=1S/C30H34N4O3/c1-21(22-9-4-2-5-10-22)32-29(36)23-15-17-26(18-16-23)33-28(35)20-31-27-14-8-11-24(19-27)30(37)34-25-12-6-3-7-13-25/h2,4-5,8-11,14-19,21,25,31H,3,6-7,12-13,20H2,1H3,(H,32,36)(H,33,35)(H,34,37). The summed E-state index contributed by atoms with van der Waals surface area (Å²) in [5, 5.41) is 12.0. The molecule has 0 heterocycles. The first-order valence-corrected chi connectivity index (χ1v) is 12.9. The average Bonchev–Trinajstić information content (AvgIpc) is 2.93. The number of hydrogen-bond acceptors (Lipinski definition) is 4. The van der Waals surface area contributed by atoms with Gasteiger partial charge in [0.15, 0.2) is 0 Å². The van der Waals surface area contributed by atoms with Crippen molar-refractivity contribution in [2.75, 3.05) is 17.2 Å². The molecule has 1 aliphatic rings. The Hall–Kier alpha value is -4.13. The van der Waals surface area contributed by atoms with Crippen LogP contribution >= 0.6 is 0 Å². The lowest BCUT2D eigenvalue weighted by atomic mass is 9.95. The smallest absolute Gasteiger partial charge is 0.251 e. The van der Waals surface area contributed by atoms with Crippen molar-refractivity contribution in [3.8, 4) is 0 Å². The zero-order valence-electron chi connectivity index (χ0n) is 21.1. The summed E-state index contributed by atoms with van der Waals surface area (Å²) in [5.74, 6) is -0.488. The highest BCUT2D eigenvalue weighted by atomic mass is 16.2. The third kappa shape index (κ3) is 7.67. The maximum absolute atomic E-state index is 12.6. The van der Waals surface area contributed by atoms with Crippen LogP contribution in [-0.4, -0.2) is 30.3 Å². The molecule has 37 heavy (non-hydrogen) atoms. The van der Waals surface area contributed by atoms with E-state index in [1.54, 1.807) is 42.5 Å². The molecule has 0 saturated heterocycles. The highest BCUT2D eigenvalue weighted by Crippen LogP contribution is 2.19. The van der Waals surface area contributed by atoms with Crippen LogP contribution in [0.15, 0.2) is 78.9 Å². The van der Waals surface area contributed by atoms with Crippen LogP contribution in [-0.2, 0) is 4.79 Å². The van der Waals surface area contributed by atoms with E-state index in [0.29, 0.717) is 22.5 Å². The molecule has 192 valence electrons. The van der Waals surface area contributed by atoms with Crippen molar-refractivity contribution in [1.82, 2.24) is 10.6 Å². The molecule has 1 saturated carbocycles. The zero-order valence-corrected chi connectivity index (χ0v) is 21.1. The van der Waals surface area contributed by atoms with Gasteiger partial charge in [-0.05, 0) is 67.8 Å². The van der Waals surface area contributed by atoms with E-state index < -0.39 is 0 Å². The van der Waals surface area contributed by atoms with Gasteiger partial charge in [-0.15, -0.1) is 0 Å². The van der Waals surface area contributed by atoms with E-state index in [1.165, 1.54) is 6.42 Å². The Bertz CT molecular complexity index is 1210. The van der Waals surface area contributed by atoms with Gasteiger partial charge in [0.05, 0.1) is 12.6 Å². The summed E-state index contributed by atoms with van der Waals surface area (Å²) in [6, 6.07) is 23.8. The number of anilines is 2. The molecule has 7 heteroatoms. The van der Waals surface area contributed by atoms with Crippen molar-refractivity contribution in [1.29, 1.82) is 0 Å². The molecule has 1 fully saturated rings. The maximum Gasteiger partial charge on any atom is 0.251 e. The third-order valence-corrected chi connectivity index (χ3v) is 6.60. The van der Waals surface area contributed by atoms with Crippen molar-refractivity contribution in [3.05, 3.63) is 95.6 Å². The fourth-order valence-corrected chi connectivity index (χ4v) is 4.48. The summed E-state index contributed by atoms with van der Waals surface area (Å²) in [6.07, 6.45) is 5.61. The van der Waals surface area contributed by atoms with Gasteiger partial charge in [-0.25, -0.2) is 0 Å². The van der Waals surface area contributed by atoms with E-state index in [0.717, 1.165) is 31.2 Å². The number of hydrogen-bond donors (Lipinski definition) is 4. The lowest BCUT2D eigenvalue weighted by Gasteiger charge is -2.22. The molecule has 1 aliphatic carbocycles. The van der Waals surface area contributed by atoms with Crippen molar-refractivity contribution in [2.24, 2.45) is 0 Å². The summed E-state index contributed by atoms with van der Waals surface area (Å²) < 4.78 is 0. The average molecular weight is 499 g/mol. The monoisotopic (exact) mass is 498 g/mol. The van der Waals surface area contributed by atoms with E-state index in [4.69, 9.17) is 0 Å². The molecule has 3 aromatic carbocycles. The molecule has 0 aliphatic heterocycles. The van der Waals surface area contributed by atoms with Gasteiger partial charge in [-0.3, -0.25) is 14.4 Å². The predicted octanol–water partition coefficient (Wildman–Crippen LogP) is 5.29. The van der Waals surface area contributed by atoms with Gasteiger partial charge in [0.25, 0.3) is 11.8 Å². The topological polar surface area (TPSA) is 99.3 Å². The minimum atomic E-state index is -0.230. The molecule has 3 amide bonds. The zero-order chi connectivity index (χ0) is 26.0. The SMILES string of the molecule is CC(NC(=O)c1ccc(NC(=O)CNc2cccc(C(=O)NC3CCCCC3)c2)cc1)c1ccccc1. The summed E-state index contributed by atoms with van der Waals surface area (Å²) in [7, 11) is 0. The highest BCUT2D eigenvalue weighted by molar-refractivity contribution is 5.97. The molecule has 0 spiro atoms. The molecule has 4 rings (SSSR count). The van der Waals surface area contributed by atoms with Crippen LogP contribution in [0.4, 0.5) is 11.4 Å². The molecule has 7 nitrogen and oxygen atoms in total. The van der Waals surface area contributed by atoms with Crippen molar-refractivity contribution in [2.45, 2.75) is 51.1 Å².